The molecule has 0 unspecified atom stereocenters. The predicted molar refractivity (Wildman–Crippen MR) is 85.9 cm³/mol. The fourth-order valence-corrected chi connectivity index (χ4v) is 1.89. The summed E-state index contributed by atoms with van der Waals surface area (Å²) in [5.74, 6) is -0.970. The Bertz CT molecular complexity index is 549. The van der Waals surface area contributed by atoms with Gasteiger partial charge in [0, 0.05) is 30.3 Å². The lowest BCUT2D eigenvalue weighted by atomic mass is 10.2. The highest BCUT2D eigenvalue weighted by atomic mass is 79.9. The molecule has 1 aromatic carbocycles. The van der Waals surface area contributed by atoms with Crippen LogP contribution in [-0.2, 0) is 14.3 Å². The maximum atomic E-state index is 11.5. The van der Waals surface area contributed by atoms with Crippen molar-refractivity contribution in [1.29, 1.82) is 0 Å². The number of rotatable bonds is 7. The molecule has 22 heavy (non-hydrogen) atoms. The van der Waals surface area contributed by atoms with Crippen LogP contribution in [0.3, 0.4) is 0 Å². The van der Waals surface area contributed by atoms with E-state index in [2.05, 4.69) is 31.8 Å². The zero-order valence-electron chi connectivity index (χ0n) is 12.4. The molecule has 2 N–H and O–H groups in total. The Kier molecular flexibility index (Phi) is 8.16. The summed E-state index contributed by atoms with van der Waals surface area (Å²) in [6.07, 6.45) is 2.04. The minimum Gasteiger partial charge on any atom is -0.496 e. The topological polar surface area (TPSA) is 89.0 Å². The highest BCUT2D eigenvalue weighted by Crippen LogP contribution is 2.21. The number of hydrogen-bond acceptors (Lipinski definition) is 5. The second-order valence-corrected chi connectivity index (χ2v) is 5.10. The number of halogens is 1. The van der Waals surface area contributed by atoms with Crippen molar-refractivity contribution in [3.05, 3.63) is 28.2 Å². The number of nitrogens with zero attached hydrogens (tertiary/aromatic N) is 1. The van der Waals surface area contributed by atoms with E-state index in [0.29, 0.717) is 30.9 Å². The summed E-state index contributed by atoms with van der Waals surface area (Å²) >= 11 is 3.33. The average Bonchev–Trinajstić information content (AvgIpc) is 2.51. The number of nitrogens with one attached hydrogen (secondary N) is 2. The van der Waals surface area contributed by atoms with Crippen LogP contribution in [0, 0.1) is 0 Å². The molecule has 0 spiro atoms. The highest BCUT2D eigenvalue weighted by Gasteiger charge is 2.11. The van der Waals surface area contributed by atoms with Crippen molar-refractivity contribution in [2.75, 3.05) is 27.4 Å². The molecule has 0 radical (unpaired) electrons. The third kappa shape index (κ3) is 6.23. The minimum atomic E-state index is -0.831. The quantitative estimate of drug-likeness (QED) is 0.324. The fraction of sp³-hybridized carbons (Fsp3) is 0.357. The van der Waals surface area contributed by atoms with Crippen LogP contribution in [0.5, 0.6) is 5.75 Å². The van der Waals surface area contributed by atoms with Gasteiger partial charge in [0.1, 0.15) is 5.75 Å². The first kappa shape index (κ1) is 18.1. The SMILES string of the molecule is COCCCNC(=O)C(=O)N/N=C\c1cc(Br)ccc1OC. The van der Waals surface area contributed by atoms with E-state index in [1.54, 1.807) is 19.2 Å². The second kappa shape index (κ2) is 9.91. The third-order valence-corrected chi connectivity index (χ3v) is 3.07. The zero-order valence-corrected chi connectivity index (χ0v) is 14.0. The number of carbonyl (C=O) groups is 2. The molecule has 7 nitrogen and oxygen atoms in total. The molecule has 2 amide bonds. The Morgan fingerprint density at radius 3 is 2.77 bits per heavy atom. The molecule has 0 saturated carbocycles. The van der Waals surface area contributed by atoms with Crippen molar-refractivity contribution in [2.45, 2.75) is 6.42 Å². The molecule has 120 valence electrons. The van der Waals surface area contributed by atoms with E-state index in [4.69, 9.17) is 9.47 Å². The van der Waals surface area contributed by atoms with Gasteiger partial charge in [-0.2, -0.15) is 5.10 Å². The van der Waals surface area contributed by atoms with Crippen molar-refractivity contribution >= 4 is 34.0 Å². The summed E-state index contributed by atoms with van der Waals surface area (Å²) in [6.45, 7) is 0.881. The number of amides is 2. The number of hydrazone groups is 1. The Morgan fingerprint density at radius 2 is 2.09 bits per heavy atom. The molecule has 0 saturated heterocycles. The lowest BCUT2D eigenvalue weighted by molar-refractivity contribution is -0.139. The number of hydrogen-bond donors (Lipinski definition) is 2. The molecular weight excluding hydrogens is 354 g/mol. The molecule has 1 aromatic rings. The predicted octanol–water partition coefficient (Wildman–Crippen LogP) is 1.06. The fourth-order valence-electron chi connectivity index (χ4n) is 1.52. The zero-order chi connectivity index (χ0) is 16.4. The summed E-state index contributed by atoms with van der Waals surface area (Å²) in [4.78, 5) is 23.0. The van der Waals surface area contributed by atoms with Crippen molar-refractivity contribution in [2.24, 2.45) is 5.10 Å². The Labute approximate surface area is 137 Å². The van der Waals surface area contributed by atoms with Crippen molar-refractivity contribution in [1.82, 2.24) is 10.7 Å². The van der Waals surface area contributed by atoms with Crippen LogP contribution in [0.15, 0.2) is 27.8 Å². The van der Waals surface area contributed by atoms with Gasteiger partial charge in [-0.05, 0) is 24.6 Å². The van der Waals surface area contributed by atoms with E-state index in [1.165, 1.54) is 13.3 Å². The first-order valence-electron chi connectivity index (χ1n) is 6.52. The monoisotopic (exact) mass is 371 g/mol. The van der Waals surface area contributed by atoms with Gasteiger partial charge in [-0.3, -0.25) is 9.59 Å². The molecule has 0 aromatic heterocycles. The summed E-state index contributed by atoms with van der Waals surface area (Å²) in [6, 6.07) is 5.36. The molecule has 0 aliphatic heterocycles. The van der Waals surface area contributed by atoms with Gasteiger partial charge >= 0.3 is 11.8 Å². The van der Waals surface area contributed by atoms with Gasteiger partial charge in [-0.1, -0.05) is 15.9 Å². The first-order valence-corrected chi connectivity index (χ1v) is 7.31. The minimum absolute atomic E-state index is 0.364. The molecule has 0 bridgehead atoms. The lowest BCUT2D eigenvalue weighted by Gasteiger charge is -2.05. The first-order chi connectivity index (χ1) is 10.6. The maximum absolute atomic E-state index is 11.5. The number of ether oxygens (including phenoxy) is 2. The van der Waals surface area contributed by atoms with Gasteiger partial charge in [-0.15, -0.1) is 0 Å². The molecule has 0 aliphatic rings. The number of methoxy groups -OCH3 is 2. The van der Waals surface area contributed by atoms with Crippen molar-refractivity contribution in [3.8, 4) is 5.75 Å². The summed E-state index contributed by atoms with van der Waals surface area (Å²) in [5.41, 5.74) is 2.82. The van der Waals surface area contributed by atoms with E-state index in [9.17, 15) is 9.59 Å². The summed E-state index contributed by atoms with van der Waals surface area (Å²) in [5, 5.41) is 6.21. The maximum Gasteiger partial charge on any atom is 0.329 e. The van der Waals surface area contributed by atoms with Crippen LogP contribution in [-0.4, -0.2) is 45.4 Å². The van der Waals surface area contributed by atoms with E-state index >= 15 is 0 Å². The van der Waals surface area contributed by atoms with Gasteiger partial charge in [0.25, 0.3) is 0 Å². The standard InChI is InChI=1S/C14H18BrN3O4/c1-21-7-3-6-16-13(19)14(20)18-17-9-10-8-11(15)4-5-12(10)22-2/h4-5,8-9H,3,6-7H2,1-2H3,(H,16,19)(H,18,20)/b17-9-. The lowest BCUT2D eigenvalue weighted by Crippen LogP contribution is -2.38. The summed E-state index contributed by atoms with van der Waals surface area (Å²) < 4.78 is 10.8. The van der Waals surface area contributed by atoms with Gasteiger partial charge in [0.05, 0.1) is 13.3 Å². The van der Waals surface area contributed by atoms with Crippen LogP contribution in [0.2, 0.25) is 0 Å². The van der Waals surface area contributed by atoms with Gasteiger partial charge < -0.3 is 14.8 Å². The van der Waals surface area contributed by atoms with Crippen molar-refractivity contribution < 1.29 is 19.1 Å². The molecule has 0 heterocycles. The average molecular weight is 372 g/mol. The Hall–Kier alpha value is -1.93. The van der Waals surface area contributed by atoms with Crippen LogP contribution in [0.4, 0.5) is 0 Å². The van der Waals surface area contributed by atoms with E-state index in [0.717, 1.165) is 4.47 Å². The molecule has 0 atom stereocenters. The molecule has 0 fully saturated rings. The molecular formula is C14H18BrN3O4. The van der Waals surface area contributed by atoms with Crippen LogP contribution in [0.1, 0.15) is 12.0 Å². The normalized spacial score (nSPS) is 10.5. The molecule has 1 rings (SSSR count). The Morgan fingerprint density at radius 1 is 1.32 bits per heavy atom. The van der Waals surface area contributed by atoms with Gasteiger partial charge in [0.2, 0.25) is 0 Å². The van der Waals surface area contributed by atoms with Gasteiger partial charge in [-0.25, -0.2) is 5.43 Å². The van der Waals surface area contributed by atoms with E-state index < -0.39 is 11.8 Å². The van der Waals surface area contributed by atoms with Crippen LogP contribution in [0.25, 0.3) is 0 Å². The second-order valence-electron chi connectivity index (χ2n) is 4.19. The molecule has 0 aliphatic carbocycles. The molecule has 8 heteroatoms. The number of carbonyl (C=O) groups excluding carboxylic acids is 2. The van der Waals surface area contributed by atoms with Crippen LogP contribution < -0.4 is 15.5 Å². The van der Waals surface area contributed by atoms with Crippen LogP contribution >= 0.6 is 15.9 Å². The van der Waals surface area contributed by atoms with E-state index in [1.807, 2.05) is 6.07 Å². The number of benzene rings is 1. The smallest absolute Gasteiger partial charge is 0.329 e. The van der Waals surface area contributed by atoms with Crippen molar-refractivity contribution in [3.63, 3.8) is 0 Å². The Balaban J connectivity index is 2.49. The van der Waals surface area contributed by atoms with E-state index in [-0.39, 0.29) is 0 Å². The summed E-state index contributed by atoms with van der Waals surface area (Å²) in [7, 11) is 3.10. The highest BCUT2D eigenvalue weighted by molar-refractivity contribution is 9.10. The third-order valence-electron chi connectivity index (χ3n) is 2.58. The van der Waals surface area contributed by atoms with Gasteiger partial charge in [0.15, 0.2) is 0 Å². The largest absolute Gasteiger partial charge is 0.496 e.